The number of halogens is 1. The number of fused-ring (bicyclic) bond motifs is 1. The summed E-state index contributed by atoms with van der Waals surface area (Å²) in [6.45, 7) is 0.894. The Morgan fingerprint density at radius 2 is 2.05 bits per heavy atom. The van der Waals surface area contributed by atoms with E-state index in [0.29, 0.717) is 26.1 Å². The number of rotatable bonds is 0. The Morgan fingerprint density at radius 1 is 1.32 bits per heavy atom. The summed E-state index contributed by atoms with van der Waals surface area (Å²) in [5.41, 5.74) is -0.846. The van der Waals surface area contributed by atoms with Gasteiger partial charge in [0.1, 0.15) is 5.82 Å². The van der Waals surface area contributed by atoms with Gasteiger partial charge in [-0.3, -0.25) is 0 Å². The monoisotopic (exact) mass is 286 g/mol. The lowest BCUT2D eigenvalue weighted by Gasteiger charge is -2.32. The van der Waals surface area contributed by atoms with Gasteiger partial charge in [-0.1, -0.05) is 0 Å². The third kappa shape index (κ3) is 2.21. The first kappa shape index (κ1) is 12.5. The van der Waals surface area contributed by atoms with Crippen molar-refractivity contribution in [3.05, 3.63) is 18.1 Å². The minimum Gasteiger partial charge on any atom is -0.464 e. The molecule has 2 aliphatic rings. The third-order valence-corrected chi connectivity index (χ3v) is 4.36. The number of pyridine rings is 1. The van der Waals surface area contributed by atoms with Gasteiger partial charge < -0.3 is 9.47 Å². The lowest BCUT2D eigenvalue weighted by molar-refractivity contribution is -0.00590. The zero-order valence-electron chi connectivity index (χ0n) is 9.87. The standard InChI is InChI=1S/C11H11FN2O4S/c12-8-5-9-10(13-6-8)18-11(1-3-17-4-2-11)7-14-19(9,15)16/h5-7H,1-4H2. The first-order valence-corrected chi connectivity index (χ1v) is 7.19. The quantitative estimate of drug-likeness (QED) is 0.708. The van der Waals surface area contributed by atoms with Crippen LogP contribution >= 0.6 is 0 Å². The number of ether oxygens (including phenoxy) is 2. The molecule has 8 heteroatoms. The van der Waals surface area contributed by atoms with Crippen LogP contribution in [0.1, 0.15) is 12.8 Å². The average molecular weight is 286 g/mol. The Kier molecular flexibility index (Phi) is 2.79. The van der Waals surface area contributed by atoms with Crippen molar-refractivity contribution < 1.29 is 22.3 Å². The third-order valence-electron chi connectivity index (χ3n) is 3.13. The van der Waals surface area contributed by atoms with Crippen molar-refractivity contribution in [1.29, 1.82) is 0 Å². The lowest BCUT2D eigenvalue weighted by atomic mass is 9.96. The van der Waals surface area contributed by atoms with Gasteiger partial charge >= 0.3 is 0 Å². The van der Waals surface area contributed by atoms with Crippen LogP contribution in [0, 0.1) is 5.82 Å². The van der Waals surface area contributed by atoms with Gasteiger partial charge in [0.15, 0.2) is 10.5 Å². The molecule has 0 atom stereocenters. The van der Waals surface area contributed by atoms with Gasteiger partial charge in [-0.25, -0.2) is 9.37 Å². The molecule has 3 rings (SSSR count). The number of sulfonamides is 1. The molecule has 1 spiro atoms. The van der Waals surface area contributed by atoms with Crippen molar-refractivity contribution in [2.24, 2.45) is 4.40 Å². The van der Waals surface area contributed by atoms with E-state index in [1.165, 1.54) is 6.21 Å². The molecule has 1 aromatic heterocycles. The van der Waals surface area contributed by atoms with E-state index in [9.17, 15) is 12.8 Å². The molecule has 0 aliphatic carbocycles. The predicted octanol–water partition coefficient (Wildman–Crippen LogP) is 0.922. The average Bonchev–Trinajstić information content (AvgIpc) is 2.49. The fourth-order valence-corrected chi connectivity index (χ4v) is 3.08. The minimum absolute atomic E-state index is 0.110. The van der Waals surface area contributed by atoms with Gasteiger partial charge in [0, 0.05) is 18.9 Å². The van der Waals surface area contributed by atoms with Crippen LogP contribution < -0.4 is 4.74 Å². The highest BCUT2D eigenvalue weighted by molar-refractivity contribution is 7.90. The van der Waals surface area contributed by atoms with Crippen molar-refractivity contribution in [1.82, 2.24) is 4.98 Å². The maximum Gasteiger partial charge on any atom is 0.287 e. The van der Waals surface area contributed by atoms with E-state index >= 15 is 0 Å². The molecule has 0 amide bonds. The molecule has 0 aromatic carbocycles. The Labute approximate surface area is 109 Å². The smallest absolute Gasteiger partial charge is 0.287 e. The zero-order valence-corrected chi connectivity index (χ0v) is 10.7. The zero-order chi connectivity index (χ0) is 13.5. The maximum absolute atomic E-state index is 13.1. The summed E-state index contributed by atoms with van der Waals surface area (Å²) in [5, 5.41) is 0. The molecule has 0 radical (unpaired) electrons. The van der Waals surface area contributed by atoms with E-state index in [1.807, 2.05) is 0 Å². The number of hydrogen-bond acceptors (Lipinski definition) is 5. The SMILES string of the molecule is O=S1(=O)N=CC2(CCOCC2)Oc2ncc(F)cc21. The van der Waals surface area contributed by atoms with E-state index in [-0.39, 0.29) is 10.8 Å². The fraction of sp³-hybridized carbons (Fsp3) is 0.455. The topological polar surface area (TPSA) is 77.9 Å². The predicted molar refractivity (Wildman–Crippen MR) is 63.3 cm³/mol. The fourth-order valence-electron chi connectivity index (χ4n) is 2.06. The Hall–Kier alpha value is -1.54. The van der Waals surface area contributed by atoms with Gasteiger partial charge in [-0.2, -0.15) is 12.8 Å². The molecular weight excluding hydrogens is 275 g/mol. The Balaban J connectivity index is 2.13. The van der Waals surface area contributed by atoms with Gasteiger partial charge in [-0.05, 0) is 0 Å². The molecule has 0 unspecified atom stereocenters. The second kappa shape index (κ2) is 4.24. The van der Waals surface area contributed by atoms with Crippen LogP contribution in [-0.4, -0.2) is 38.4 Å². The molecule has 0 bridgehead atoms. The molecule has 0 N–H and O–H groups in total. The normalized spacial score (nSPS) is 23.4. The lowest BCUT2D eigenvalue weighted by Crippen LogP contribution is -2.43. The van der Waals surface area contributed by atoms with Crippen molar-refractivity contribution in [3.8, 4) is 5.88 Å². The first-order chi connectivity index (χ1) is 9.01. The van der Waals surface area contributed by atoms with Crippen LogP contribution in [-0.2, 0) is 14.8 Å². The van der Waals surface area contributed by atoms with Crippen molar-refractivity contribution in [2.45, 2.75) is 23.3 Å². The summed E-state index contributed by atoms with van der Waals surface area (Å²) >= 11 is 0. The van der Waals surface area contributed by atoms with Crippen LogP contribution in [0.15, 0.2) is 21.6 Å². The molecule has 1 saturated heterocycles. The summed E-state index contributed by atoms with van der Waals surface area (Å²) < 4.78 is 51.6. The number of nitrogens with zero attached hydrogens (tertiary/aromatic N) is 2. The molecular formula is C11H11FN2O4S. The molecule has 3 heterocycles. The van der Waals surface area contributed by atoms with Crippen LogP contribution in [0.25, 0.3) is 0 Å². The molecule has 6 nitrogen and oxygen atoms in total. The van der Waals surface area contributed by atoms with Crippen LogP contribution in [0.5, 0.6) is 5.88 Å². The summed E-state index contributed by atoms with van der Waals surface area (Å²) in [6.07, 6.45) is 3.15. The van der Waals surface area contributed by atoms with Gasteiger partial charge in [0.25, 0.3) is 10.0 Å². The Morgan fingerprint density at radius 3 is 2.79 bits per heavy atom. The van der Waals surface area contributed by atoms with E-state index in [1.54, 1.807) is 0 Å². The molecule has 2 aliphatic heterocycles. The summed E-state index contributed by atoms with van der Waals surface area (Å²) in [7, 11) is -3.98. The number of hydrogen-bond donors (Lipinski definition) is 0. The maximum atomic E-state index is 13.1. The molecule has 19 heavy (non-hydrogen) atoms. The largest absolute Gasteiger partial charge is 0.464 e. The van der Waals surface area contributed by atoms with Gasteiger partial charge in [0.05, 0.1) is 25.6 Å². The minimum atomic E-state index is -3.98. The van der Waals surface area contributed by atoms with Crippen LogP contribution in [0.4, 0.5) is 4.39 Å². The number of aromatic nitrogens is 1. The summed E-state index contributed by atoms with van der Waals surface area (Å²) in [6, 6.07) is 0.868. The van der Waals surface area contributed by atoms with Crippen molar-refractivity contribution in [2.75, 3.05) is 13.2 Å². The molecule has 1 fully saturated rings. The van der Waals surface area contributed by atoms with Gasteiger partial charge in [-0.15, -0.1) is 0 Å². The molecule has 102 valence electrons. The highest BCUT2D eigenvalue weighted by atomic mass is 32.2. The van der Waals surface area contributed by atoms with Crippen molar-refractivity contribution >= 4 is 16.2 Å². The first-order valence-electron chi connectivity index (χ1n) is 5.75. The van der Waals surface area contributed by atoms with Crippen LogP contribution in [0.2, 0.25) is 0 Å². The van der Waals surface area contributed by atoms with E-state index < -0.39 is 21.4 Å². The second-order valence-corrected chi connectivity index (χ2v) is 6.05. The van der Waals surface area contributed by atoms with E-state index in [0.717, 1.165) is 12.3 Å². The van der Waals surface area contributed by atoms with Crippen LogP contribution in [0.3, 0.4) is 0 Å². The van der Waals surface area contributed by atoms with Crippen molar-refractivity contribution in [3.63, 3.8) is 0 Å². The second-order valence-electron chi connectivity index (χ2n) is 4.45. The highest BCUT2D eigenvalue weighted by Crippen LogP contribution is 2.33. The Bertz CT molecular complexity index is 638. The molecule has 0 saturated carbocycles. The van der Waals surface area contributed by atoms with E-state index in [2.05, 4.69) is 9.38 Å². The van der Waals surface area contributed by atoms with E-state index in [4.69, 9.17) is 9.47 Å². The van der Waals surface area contributed by atoms with Gasteiger partial charge in [0.2, 0.25) is 5.88 Å². The highest BCUT2D eigenvalue weighted by Gasteiger charge is 2.39. The summed E-state index contributed by atoms with van der Waals surface area (Å²) in [4.78, 5) is 3.39. The summed E-state index contributed by atoms with van der Waals surface area (Å²) in [5.74, 6) is -0.857. The molecule has 1 aromatic rings.